The predicted octanol–water partition coefficient (Wildman–Crippen LogP) is 2.30. The first-order valence-corrected chi connectivity index (χ1v) is 8.66. The number of aryl methyl sites for hydroxylation is 1. The van der Waals surface area contributed by atoms with Crippen molar-refractivity contribution in [3.05, 3.63) is 29.6 Å². The summed E-state index contributed by atoms with van der Waals surface area (Å²) in [4.78, 5) is 30.8. The van der Waals surface area contributed by atoms with E-state index in [1.54, 1.807) is 6.20 Å². The van der Waals surface area contributed by atoms with E-state index >= 15 is 0 Å². The average Bonchev–Trinajstić information content (AvgIpc) is 3.04. The quantitative estimate of drug-likeness (QED) is 0.931. The van der Waals surface area contributed by atoms with E-state index in [4.69, 9.17) is 0 Å². The summed E-state index contributed by atoms with van der Waals surface area (Å²) in [5.74, 6) is 0.364. The summed E-state index contributed by atoms with van der Waals surface area (Å²) in [5, 5.41) is 3.15. The first-order valence-electron chi connectivity index (χ1n) is 8.66. The van der Waals surface area contributed by atoms with Gasteiger partial charge in [0.1, 0.15) is 0 Å². The van der Waals surface area contributed by atoms with Gasteiger partial charge in [-0.1, -0.05) is 19.3 Å². The van der Waals surface area contributed by atoms with Crippen molar-refractivity contribution in [2.45, 2.75) is 51.5 Å². The minimum absolute atomic E-state index is 0.00640. The van der Waals surface area contributed by atoms with Gasteiger partial charge >= 0.3 is 0 Å². The first-order chi connectivity index (χ1) is 11.1. The molecule has 1 aromatic heterocycles. The average molecular weight is 315 g/mol. The van der Waals surface area contributed by atoms with Crippen molar-refractivity contribution in [2.75, 3.05) is 13.1 Å². The third kappa shape index (κ3) is 3.89. The van der Waals surface area contributed by atoms with E-state index in [9.17, 15) is 9.59 Å². The fourth-order valence-corrected chi connectivity index (χ4v) is 3.52. The Balaban J connectivity index is 1.52. The molecule has 23 heavy (non-hydrogen) atoms. The van der Waals surface area contributed by atoms with Crippen LogP contribution in [-0.2, 0) is 4.79 Å². The third-order valence-corrected chi connectivity index (χ3v) is 4.96. The Kier molecular flexibility index (Phi) is 4.94. The van der Waals surface area contributed by atoms with Gasteiger partial charge in [-0.05, 0) is 38.3 Å². The predicted molar refractivity (Wildman–Crippen MR) is 88.0 cm³/mol. The van der Waals surface area contributed by atoms with Crippen LogP contribution in [-0.4, -0.2) is 40.8 Å². The highest BCUT2D eigenvalue weighted by Crippen LogP contribution is 2.24. The molecule has 5 nitrogen and oxygen atoms in total. The third-order valence-electron chi connectivity index (χ3n) is 4.96. The molecule has 1 aromatic rings. The summed E-state index contributed by atoms with van der Waals surface area (Å²) < 4.78 is 0. The monoisotopic (exact) mass is 315 g/mol. The van der Waals surface area contributed by atoms with E-state index in [-0.39, 0.29) is 23.8 Å². The lowest BCUT2D eigenvalue weighted by atomic mass is 9.88. The Hall–Kier alpha value is -1.91. The van der Waals surface area contributed by atoms with Crippen LogP contribution < -0.4 is 5.32 Å². The Morgan fingerprint density at radius 1 is 1.17 bits per heavy atom. The number of carbonyl (C=O) groups excluding carboxylic acids is 2. The van der Waals surface area contributed by atoms with Crippen molar-refractivity contribution in [1.82, 2.24) is 15.2 Å². The molecule has 124 valence electrons. The van der Waals surface area contributed by atoms with Crippen LogP contribution in [0.15, 0.2) is 18.3 Å². The minimum Gasteiger partial charge on any atom is -0.351 e. The van der Waals surface area contributed by atoms with Gasteiger partial charge < -0.3 is 10.2 Å². The molecule has 2 amide bonds. The van der Waals surface area contributed by atoms with Gasteiger partial charge in [-0.15, -0.1) is 0 Å². The maximum Gasteiger partial charge on any atom is 0.255 e. The molecule has 2 heterocycles. The molecule has 2 fully saturated rings. The normalized spacial score (nSPS) is 22.1. The van der Waals surface area contributed by atoms with Crippen molar-refractivity contribution in [2.24, 2.45) is 5.92 Å². The molecule has 0 bridgehead atoms. The molecule has 1 N–H and O–H groups in total. The SMILES string of the molecule is Cc1ccc(C(=O)N2CC[C@@H](NC(=O)C3CCCCC3)C2)cn1. The van der Waals surface area contributed by atoms with Crippen molar-refractivity contribution in [1.29, 1.82) is 0 Å². The second kappa shape index (κ2) is 7.11. The first kappa shape index (κ1) is 16.0. The minimum atomic E-state index is 0.00640. The largest absolute Gasteiger partial charge is 0.351 e. The molecule has 1 atom stereocenters. The van der Waals surface area contributed by atoms with E-state index in [2.05, 4.69) is 10.3 Å². The van der Waals surface area contributed by atoms with Gasteiger partial charge in [0.05, 0.1) is 5.56 Å². The maximum atomic E-state index is 12.5. The maximum absolute atomic E-state index is 12.5. The molecular formula is C18H25N3O2. The molecule has 0 radical (unpaired) electrons. The zero-order valence-electron chi connectivity index (χ0n) is 13.8. The number of amides is 2. The van der Waals surface area contributed by atoms with E-state index in [0.717, 1.165) is 37.8 Å². The van der Waals surface area contributed by atoms with E-state index in [1.165, 1.54) is 6.42 Å². The number of hydrogen-bond donors (Lipinski definition) is 1. The second-order valence-electron chi connectivity index (χ2n) is 6.77. The Morgan fingerprint density at radius 3 is 2.65 bits per heavy atom. The van der Waals surface area contributed by atoms with Crippen molar-refractivity contribution < 1.29 is 9.59 Å². The topological polar surface area (TPSA) is 62.3 Å². The molecule has 1 saturated heterocycles. The molecule has 0 spiro atoms. The zero-order chi connectivity index (χ0) is 16.2. The summed E-state index contributed by atoms with van der Waals surface area (Å²) in [6.07, 6.45) is 8.06. The van der Waals surface area contributed by atoms with Crippen LogP contribution in [0.3, 0.4) is 0 Å². The Labute approximate surface area is 137 Å². The molecule has 5 heteroatoms. The molecular weight excluding hydrogens is 290 g/mol. The van der Waals surface area contributed by atoms with Crippen molar-refractivity contribution in [3.63, 3.8) is 0 Å². The molecule has 1 aliphatic heterocycles. The molecule has 1 aliphatic carbocycles. The standard InChI is InChI=1S/C18H25N3O2/c1-13-7-8-15(11-19-13)18(23)21-10-9-16(12-21)20-17(22)14-5-3-2-4-6-14/h7-8,11,14,16H,2-6,9-10,12H2,1H3,(H,20,22)/t16-/m1/s1. The summed E-state index contributed by atoms with van der Waals surface area (Å²) >= 11 is 0. The molecule has 1 saturated carbocycles. The van der Waals surface area contributed by atoms with Crippen molar-refractivity contribution >= 4 is 11.8 Å². The zero-order valence-corrected chi connectivity index (χ0v) is 13.8. The van der Waals surface area contributed by atoms with E-state index < -0.39 is 0 Å². The van der Waals surface area contributed by atoms with Crippen LogP contribution in [0.5, 0.6) is 0 Å². The highest BCUT2D eigenvalue weighted by atomic mass is 16.2. The molecule has 3 rings (SSSR count). The summed E-state index contributed by atoms with van der Waals surface area (Å²) in [5.41, 5.74) is 1.52. The summed E-state index contributed by atoms with van der Waals surface area (Å²) in [6, 6.07) is 3.76. The molecule has 0 aromatic carbocycles. The van der Waals surface area contributed by atoms with Gasteiger partial charge in [-0.3, -0.25) is 14.6 Å². The van der Waals surface area contributed by atoms with Gasteiger partial charge in [-0.2, -0.15) is 0 Å². The number of aromatic nitrogens is 1. The number of pyridine rings is 1. The Morgan fingerprint density at radius 2 is 1.96 bits per heavy atom. The fourth-order valence-electron chi connectivity index (χ4n) is 3.52. The van der Waals surface area contributed by atoms with Gasteiger partial charge in [0.25, 0.3) is 5.91 Å². The van der Waals surface area contributed by atoms with Crippen LogP contribution in [0, 0.1) is 12.8 Å². The summed E-state index contributed by atoms with van der Waals surface area (Å²) in [6.45, 7) is 3.20. The number of nitrogens with one attached hydrogen (secondary N) is 1. The van der Waals surface area contributed by atoms with Crippen LogP contribution in [0.4, 0.5) is 0 Å². The lowest BCUT2D eigenvalue weighted by Crippen LogP contribution is -2.41. The number of hydrogen-bond acceptors (Lipinski definition) is 3. The number of nitrogens with zero attached hydrogens (tertiary/aromatic N) is 2. The molecule has 2 aliphatic rings. The van der Waals surface area contributed by atoms with Crippen LogP contribution in [0.2, 0.25) is 0 Å². The van der Waals surface area contributed by atoms with Gasteiger partial charge in [0, 0.05) is 36.9 Å². The van der Waals surface area contributed by atoms with Crippen LogP contribution in [0.25, 0.3) is 0 Å². The lowest BCUT2D eigenvalue weighted by Gasteiger charge is -2.23. The van der Waals surface area contributed by atoms with E-state index in [0.29, 0.717) is 18.7 Å². The van der Waals surface area contributed by atoms with Gasteiger partial charge in [-0.25, -0.2) is 0 Å². The second-order valence-corrected chi connectivity index (χ2v) is 6.77. The highest BCUT2D eigenvalue weighted by molar-refractivity contribution is 5.94. The number of likely N-dealkylation sites (tertiary alicyclic amines) is 1. The number of rotatable bonds is 3. The Bertz CT molecular complexity index is 564. The lowest BCUT2D eigenvalue weighted by molar-refractivity contribution is -0.126. The van der Waals surface area contributed by atoms with Gasteiger partial charge in [0.2, 0.25) is 5.91 Å². The highest BCUT2D eigenvalue weighted by Gasteiger charge is 2.30. The van der Waals surface area contributed by atoms with Crippen LogP contribution >= 0.6 is 0 Å². The van der Waals surface area contributed by atoms with E-state index in [1.807, 2.05) is 24.0 Å². The number of carbonyl (C=O) groups is 2. The smallest absolute Gasteiger partial charge is 0.255 e. The fraction of sp³-hybridized carbons (Fsp3) is 0.611. The van der Waals surface area contributed by atoms with Crippen molar-refractivity contribution in [3.8, 4) is 0 Å². The van der Waals surface area contributed by atoms with Gasteiger partial charge in [0.15, 0.2) is 0 Å². The molecule has 0 unspecified atom stereocenters. The van der Waals surface area contributed by atoms with Crippen LogP contribution in [0.1, 0.15) is 54.6 Å². The summed E-state index contributed by atoms with van der Waals surface area (Å²) in [7, 11) is 0.